The van der Waals surface area contributed by atoms with E-state index in [1.165, 1.54) is 95.2 Å². The Morgan fingerprint density at radius 1 is 0.394 bits per heavy atom. The number of guanidine groups is 3. The van der Waals surface area contributed by atoms with E-state index in [2.05, 4.69) is 79.1 Å². The summed E-state index contributed by atoms with van der Waals surface area (Å²) in [5, 5.41) is 39.5. The lowest BCUT2D eigenvalue weighted by molar-refractivity contribution is -0.136. The van der Waals surface area contributed by atoms with Crippen molar-refractivity contribution in [1.82, 2.24) is 57.2 Å². The zero-order chi connectivity index (χ0) is 103. The van der Waals surface area contributed by atoms with Crippen LogP contribution in [0.4, 0.5) is 0 Å². The predicted molar refractivity (Wildman–Crippen MR) is 530 cm³/mol. The summed E-state index contributed by atoms with van der Waals surface area (Å²) in [6, 6.07) is -0.792. The molecule has 25 N–H and O–H groups in total. The Hall–Kier alpha value is -11.3. The van der Waals surface area contributed by atoms with Gasteiger partial charge in [-0.25, -0.2) is 9.97 Å². The highest BCUT2D eigenvalue weighted by atomic mass is 16.3. The number of phenolic OH excluding ortho intramolecular Hbond substituents is 1. The Kier molecular flexibility index (Phi) is 60.3. The number of aliphatic hydroxyl groups excluding tert-OH is 1. The Morgan fingerprint density at radius 2 is 0.803 bits per heavy atom. The standard InChI is InChI=1S/C59H98N16O11.C40H69N5O6/c1-8-35(6)43(52(60)82)29-51(81)47(31-76)75-55(85)39(22-33(2)3)27-50(80)46(23-34(4)5)74-54(84)38(12-9-19-68-57(61)62)26-48(78)45(14-11-21-70-59(65)66)73-56(86)40(25-41-30-67-32-71-41)28-49(79)44(13-10-20-69-58(63)64)72-53(83)36(7)24-37-15-17-42(77)18-16-37;1-8-10-11-12-13-14-15-16-17-18-19-20-21-22-37(49)43-31(7)35(47)23-29(5)39(50)45-38(28(3)4)36(48)25-32(24-33-26-41-27-42-33)40(51)44-30(6)34(46)9-2/h15-18,30,32-36,38-40,43-47,76-77H,8-14,19-29,31H2,1-7H3,(H2,60,82)(H,67,71)(H,72,83)(H,73,86)(H,74,84)(H,75,85)(H4,61,62,68)(H4,63,64,69)(H4,65,66,70);26-32,38H,8-25H2,1-7H3,(H,41,42)(H,43,49)(H,44,51)(H,45,50)/t35-,36-,38+,39+,40+,43-,44-,45-,46-,47-;29-,30+,31+,32-,38+/m01/s1. The molecule has 137 heavy (non-hydrogen) atoms. The monoisotopic (exact) mass is 1920 g/mol. The summed E-state index contributed by atoms with van der Waals surface area (Å²) in [7, 11) is 0. The number of unbranched alkanes of at least 4 members (excludes halogenated alkanes) is 12. The van der Waals surface area contributed by atoms with Crippen molar-refractivity contribution in [3.63, 3.8) is 0 Å². The molecule has 38 heteroatoms. The molecule has 15 atom stereocenters. The van der Waals surface area contributed by atoms with Crippen LogP contribution in [0.5, 0.6) is 5.75 Å². The van der Waals surface area contributed by atoms with E-state index < -0.39 is 168 Å². The zero-order valence-corrected chi connectivity index (χ0v) is 84.0. The van der Waals surface area contributed by atoms with Crippen LogP contribution < -0.4 is 77.4 Å². The highest BCUT2D eigenvalue weighted by Crippen LogP contribution is 2.27. The Balaban J connectivity index is 0.00000106. The molecule has 0 aliphatic carbocycles. The van der Waals surface area contributed by atoms with Crippen molar-refractivity contribution >= 4 is 106 Å². The average Bonchev–Trinajstić information content (AvgIpc) is 1.51. The number of rotatable bonds is 74. The van der Waals surface area contributed by atoms with Crippen molar-refractivity contribution in [2.24, 2.45) is 120 Å². The van der Waals surface area contributed by atoms with Crippen molar-refractivity contribution < 1.29 is 82.1 Å². The van der Waals surface area contributed by atoms with E-state index in [4.69, 9.17) is 40.1 Å². The molecule has 0 bridgehead atoms. The predicted octanol–water partition coefficient (Wildman–Crippen LogP) is 7.29. The first-order valence-electron chi connectivity index (χ1n) is 49.4. The lowest BCUT2D eigenvalue weighted by Crippen LogP contribution is -2.50. The van der Waals surface area contributed by atoms with Gasteiger partial charge in [-0.3, -0.25) is 86.9 Å². The van der Waals surface area contributed by atoms with E-state index >= 15 is 0 Å². The molecule has 38 nitrogen and oxygen atoms in total. The number of ketones is 7. The van der Waals surface area contributed by atoms with Crippen LogP contribution in [-0.2, 0) is 91.2 Å². The normalized spacial score (nSPS) is 14.6. The van der Waals surface area contributed by atoms with Crippen LogP contribution >= 0.6 is 0 Å². The van der Waals surface area contributed by atoms with E-state index in [9.17, 15) is 82.1 Å². The van der Waals surface area contributed by atoms with Crippen LogP contribution in [0.25, 0.3) is 0 Å². The fourth-order valence-electron chi connectivity index (χ4n) is 16.1. The van der Waals surface area contributed by atoms with Gasteiger partial charge in [0.05, 0.1) is 67.3 Å². The van der Waals surface area contributed by atoms with Gasteiger partial charge in [-0.1, -0.05) is 179 Å². The van der Waals surface area contributed by atoms with Crippen LogP contribution in [0.3, 0.4) is 0 Å². The van der Waals surface area contributed by atoms with Crippen molar-refractivity contribution in [2.45, 2.75) is 351 Å². The second-order valence-electron chi connectivity index (χ2n) is 38.0. The van der Waals surface area contributed by atoms with Gasteiger partial charge < -0.3 is 97.5 Å². The molecule has 1 aromatic carbocycles. The third-order valence-corrected chi connectivity index (χ3v) is 24.5. The maximum absolute atomic E-state index is 14.8. The minimum Gasteiger partial charge on any atom is -0.508 e. The van der Waals surface area contributed by atoms with Crippen molar-refractivity contribution in [3.05, 3.63) is 66.3 Å². The third kappa shape index (κ3) is 51.6. The molecule has 0 radical (unpaired) electrons. The summed E-state index contributed by atoms with van der Waals surface area (Å²) in [6.07, 6.45) is 22.9. The van der Waals surface area contributed by atoms with E-state index in [1.54, 1.807) is 73.7 Å². The number of aromatic amines is 2. The molecular weight excluding hydrogens is 1760 g/mol. The third-order valence-electron chi connectivity index (χ3n) is 24.5. The number of aromatic hydroxyl groups is 1. The van der Waals surface area contributed by atoms with Gasteiger partial charge in [0.2, 0.25) is 47.3 Å². The lowest BCUT2D eigenvalue weighted by Gasteiger charge is -2.27. The highest BCUT2D eigenvalue weighted by molar-refractivity contribution is 6.00. The number of hydrogen-bond donors (Lipinski definition) is 18. The van der Waals surface area contributed by atoms with Crippen LogP contribution in [0.1, 0.15) is 307 Å². The number of aliphatic hydroxyl groups is 1. The average molecular weight is 1920 g/mol. The van der Waals surface area contributed by atoms with Crippen molar-refractivity contribution in [1.29, 1.82) is 0 Å². The van der Waals surface area contributed by atoms with Crippen LogP contribution in [0.15, 0.2) is 64.3 Å². The molecule has 3 aromatic rings. The molecule has 0 fully saturated rings. The zero-order valence-electron chi connectivity index (χ0n) is 84.0. The number of carbonyl (C=O) groups excluding carboxylic acids is 15. The maximum Gasteiger partial charge on any atom is 0.224 e. The minimum atomic E-state index is -1.38. The molecule has 0 unspecified atom stereocenters. The summed E-state index contributed by atoms with van der Waals surface area (Å²) in [4.78, 5) is 230. The molecule has 2 heterocycles. The van der Waals surface area contributed by atoms with Crippen LogP contribution in [0.2, 0.25) is 0 Å². The maximum atomic E-state index is 14.8. The number of benzene rings is 1. The molecule has 0 spiro atoms. The highest BCUT2D eigenvalue weighted by Gasteiger charge is 2.39. The molecule has 8 amide bonds. The van der Waals surface area contributed by atoms with E-state index in [0.29, 0.717) is 30.7 Å². The van der Waals surface area contributed by atoms with Gasteiger partial charge in [0.15, 0.2) is 58.4 Å². The SMILES string of the molecule is CCCCCCCCCCCCCCCC(=O)N[C@@H](C)C(=O)C[C@@H](C)C(=O)N[C@H](C(=O)C[C@@H](Cc1cnc[nH]1)C(=O)N[C@@H](C)C(=O)CC)C(C)C.CC[C@H](C)[C@H](CC(=O)[C@H](CO)NC(=O)[C@@H](CC(=O)[C@H](CC(C)C)NC(=O)[C@H](CCCN=C(N)N)CC(=O)[C@H](CCCN=C(N)N)NC(=O)[C@@H](CC(=O)[C@H](CCCN=C(N)N)NC(=O)[C@@H](C)Cc1ccc(O)cc1)Cc1cnc[nH]1)CC(C)C)C(N)=O. The Labute approximate surface area is 810 Å². The molecule has 0 aliphatic heterocycles. The molecular formula is C99H167N21O17. The quantitative estimate of drug-likeness (QED) is 0.0150. The van der Waals surface area contributed by atoms with Crippen molar-refractivity contribution in [2.75, 3.05) is 26.2 Å². The van der Waals surface area contributed by atoms with Crippen LogP contribution in [0, 0.1) is 65.1 Å². The van der Waals surface area contributed by atoms with Gasteiger partial charge in [0, 0.05) is 137 Å². The number of Topliss-reactive ketones (excluding diaryl/α,β-unsaturated/α-hetero) is 7. The molecule has 0 saturated carbocycles. The number of aromatic nitrogens is 4. The minimum absolute atomic E-state index is 0.0170. The van der Waals surface area contributed by atoms with E-state index in [0.717, 1.165) is 24.8 Å². The first-order valence-corrected chi connectivity index (χ1v) is 49.4. The molecule has 0 saturated heterocycles. The fraction of sp³-hybridized carbons (Fsp3) is 0.697. The number of hydrogen-bond acceptors (Lipinski definition) is 22. The van der Waals surface area contributed by atoms with Gasteiger partial charge in [0.1, 0.15) is 11.8 Å². The van der Waals surface area contributed by atoms with E-state index in [1.807, 2.05) is 34.6 Å². The number of aliphatic imine (C=N–C) groups is 3. The summed E-state index contributed by atoms with van der Waals surface area (Å²) < 4.78 is 0. The van der Waals surface area contributed by atoms with E-state index in [-0.39, 0.29) is 187 Å². The van der Waals surface area contributed by atoms with Crippen LogP contribution in [-0.4, -0.2) is 204 Å². The largest absolute Gasteiger partial charge is 0.508 e. The summed E-state index contributed by atoms with van der Waals surface area (Å²) in [5.74, 6) is -14.6. The molecule has 770 valence electrons. The smallest absolute Gasteiger partial charge is 0.224 e. The van der Waals surface area contributed by atoms with Gasteiger partial charge in [-0.05, 0) is 119 Å². The molecule has 2 aromatic heterocycles. The number of phenols is 1. The van der Waals surface area contributed by atoms with Gasteiger partial charge in [0.25, 0.3) is 0 Å². The number of nitrogens with one attached hydrogen (secondary N) is 9. The summed E-state index contributed by atoms with van der Waals surface area (Å²) in [5.41, 5.74) is 41.1. The number of primary amides is 1. The second-order valence-corrected chi connectivity index (χ2v) is 38.0. The second kappa shape index (κ2) is 67.8. The number of amides is 8. The molecule has 3 rings (SSSR count). The fourth-order valence-corrected chi connectivity index (χ4v) is 16.1. The van der Waals surface area contributed by atoms with Crippen molar-refractivity contribution in [3.8, 4) is 5.75 Å². The lowest BCUT2D eigenvalue weighted by atomic mass is 9.85. The topological polar surface area (TPSA) is 657 Å². The molecule has 0 aliphatic rings. The first-order chi connectivity index (χ1) is 64.8. The summed E-state index contributed by atoms with van der Waals surface area (Å²) in [6.45, 7) is 24.6. The number of nitrogens with zero attached hydrogens (tertiary/aromatic N) is 5. The summed E-state index contributed by atoms with van der Waals surface area (Å²) >= 11 is 0. The number of imidazole rings is 2. The number of nitrogens with two attached hydrogens (primary N) is 7. The van der Waals surface area contributed by atoms with Gasteiger partial charge in [-0.2, -0.15) is 0 Å². The Morgan fingerprint density at radius 3 is 1.26 bits per heavy atom. The number of H-pyrrole nitrogens is 2. The van der Waals surface area contributed by atoms with Gasteiger partial charge in [-0.15, -0.1) is 0 Å². The Bertz CT molecular complexity index is 4260. The van der Waals surface area contributed by atoms with Gasteiger partial charge >= 0.3 is 0 Å². The number of carbonyl (C=O) groups is 15. The first kappa shape index (κ1) is 122.